The maximum Gasteiger partial charge on any atom is 0.254 e. The van der Waals surface area contributed by atoms with Gasteiger partial charge in [0.25, 0.3) is 10.0 Å². The number of halogens is 1. The first-order valence-corrected chi connectivity index (χ1v) is 7.88. The summed E-state index contributed by atoms with van der Waals surface area (Å²) in [5.41, 5.74) is 0. The first kappa shape index (κ1) is 15.8. The van der Waals surface area contributed by atoms with E-state index in [2.05, 4.69) is 10.3 Å². The minimum Gasteiger partial charge on any atom is -0.317 e. The molecular formula is C10H18ClN3O2S2. The molecule has 104 valence electrons. The van der Waals surface area contributed by atoms with Crippen molar-refractivity contribution in [3.05, 3.63) is 11.2 Å². The Kier molecular flexibility index (Phi) is 5.54. The van der Waals surface area contributed by atoms with Crippen LogP contribution >= 0.6 is 23.7 Å². The zero-order valence-electron chi connectivity index (χ0n) is 10.4. The number of nitrogens with one attached hydrogen (secondary N) is 1. The Bertz CT molecular complexity index is 483. The molecule has 18 heavy (non-hydrogen) atoms. The highest BCUT2D eigenvalue weighted by Gasteiger charge is 2.30. The van der Waals surface area contributed by atoms with Crippen molar-refractivity contribution < 1.29 is 8.42 Å². The van der Waals surface area contributed by atoms with E-state index < -0.39 is 10.0 Å². The van der Waals surface area contributed by atoms with Crippen molar-refractivity contribution >= 4 is 33.8 Å². The maximum absolute atomic E-state index is 12.3. The lowest BCUT2D eigenvalue weighted by Crippen LogP contribution is -2.43. The molecule has 0 aromatic carbocycles. The van der Waals surface area contributed by atoms with Gasteiger partial charge in [0.05, 0.1) is 11.2 Å². The van der Waals surface area contributed by atoms with Gasteiger partial charge in [0.1, 0.15) is 0 Å². The van der Waals surface area contributed by atoms with E-state index >= 15 is 0 Å². The van der Waals surface area contributed by atoms with Crippen LogP contribution in [0.4, 0.5) is 0 Å². The summed E-state index contributed by atoms with van der Waals surface area (Å²) in [7, 11) is -1.69. The van der Waals surface area contributed by atoms with Crippen LogP contribution < -0.4 is 5.32 Å². The van der Waals surface area contributed by atoms with Gasteiger partial charge < -0.3 is 5.32 Å². The highest BCUT2D eigenvalue weighted by Crippen LogP contribution is 2.24. The van der Waals surface area contributed by atoms with Crippen molar-refractivity contribution in [3.63, 3.8) is 0 Å². The van der Waals surface area contributed by atoms with Gasteiger partial charge in [-0.15, -0.1) is 23.7 Å². The molecule has 0 unspecified atom stereocenters. The van der Waals surface area contributed by atoms with Gasteiger partial charge in [-0.05, 0) is 32.9 Å². The van der Waals surface area contributed by atoms with E-state index in [-0.39, 0.29) is 18.4 Å². The predicted octanol–water partition coefficient (Wildman–Crippen LogP) is 1.25. The number of aromatic nitrogens is 1. The molecule has 1 saturated heterocycles. The molecule has 1 aromatic rings. The summed E-state index contributed by atoms with van der Waals surface area (Å²) in [6, 6.07) is 0.101. The quantitative estimate of drug-likeness (QED) is 0.912. The molecule has 0 aliphatic carbocycles. The van der Waals surface area contributed by atoms with E-state index in [0.29, 0.717) is 4.21 Å². The number of sulfonamides is 1. The third-order valence-electron chi connectivity index (χ3n) is 3.06. The van der Waals surface area contributed by atoms with Crippen LogP contribution in [0.15, 0.2) is 10.4 Å². The Morgan fingerprint density at radius 2 is 2.06 bits per heavy atom. The Morgan fingerprint density at radius 1 is 1.44 bits per heavy atom. The van der Waals surface area contributed by atoms with Crippen LogP contribution in [0.5, 0.6) is 0 Å². The summed E-state index contributed by atoms with van der Waals surface area (Å²) in [5.74, 6) is 0. The monoisotopic (exact) mass is 311 g/mol. The van der Waals surface area contributed by atoms with Crippen LogP contribution in [0.25, 0.3) is 0 Å². The summed E-state index contributed by atoms with van der Waals surface area (Å²) < 4.78 is 26.5. The third kappa shape index (κ3) is 3.21. The van der Waals surface area contributed by atoms with E-state index in [1.807, 2.05) is 6.92 Å². The average Bonchev–Trinajstić information content (AvgIpc) is 2.77. The standard InChI is InChI=1S/C10H17N3O2S2.ClH/c1-8-12-7-10(16-8)17(14,15)13(2)9-3-5-11-6-4-9;/h7,9,11H,3-6H2,1-2H3;1H. The summed E-state index contributed by atoms with van der Waals surface area (Å²) >= 11 is 1.23. The average molecular weight is 312 g/mol. The van der Waals surface area contributed by atoms with Crippen LogP contribution in [-0.2, 0) is 10.0 Å². The predicted molar refractivity (Wildman–Crippen MR) is 74.9 cm³/mol. The van der Waals surface area contributed by atoms with E-state index in [1.54, 1.807) is 7.05 Å². The second-order valence-electron chi connectivity index (χ2n) is 4.20. The Morgan fingerprint density at radius 3 is 2.56 bits per heavy atom. The van der Waals surface area contributed by atoms with Crippen LogP contribution in [-0.4, -0.2) is 43.9 Å². The maximum atomic E-state index is 12.3. The van der Waals surface area contributed by atoms with Gasteiger partial charge in [0, 0.05) is 13.1 Å². The Balaban J connectivity index is 0.00000162. The number of thiazole rings is 1. The zero-order chi connectivity index (χ0) is 12.5. The molecule has 1 fully saturated rings. The molecule has 1 N–H and O–H groups in total. The van der Waals surface area contributed by atoms with Crippen LogP contribution in [0, 0.1) is 6.92 Å². The lowest BCUT2D eigenvalue weighted by atomic mass is 10.1. The molecule has 0 spiro atoms. The molecular weight excluding hydrogens is 294 g/mol. The van der Waals surface area contributed by atoms with Gasteiger partial charge >= 0.3 is 0 Å². The largest absolute Gasteiger partial charge is 0.317 e. The molecule has 2 rings (SSSR count). The van der Waals surface area contributed by atoms with E-state index in [9.17, 15) is 8.42 Å². The van der Waals surface area contributed by atoms with E-state index in [0.717, 1.165) is 30.9 Å². The highest BCUT2D eigenvalue weighted by atomic mass is 35.5. The number of piperidine rings is 1. The summed E-state index contributed by atoms with van der Waals surface area (Å²) in [6.45, 7) is 3.58. The molecule has 0 amide bonds. The van der Waals surface area contributed by atoms with Gasteiger partial charge in [-0.3, -0.25) is 0 Å². The molecule has 0 saturated carbocycles. The zero-order valence-corrected chi connectivity index (χ0v) is 12.9. The highest BCUT2D eigenvalue weighted by molar-refractivity contribution is 7.91. The van der Waals surface area contributed by atoms with Crippen LogP contribution in [0.1, 0.15) is 17.8 Å². The molecule has 2 heterocycles. The van der Waals surface area contributed by atoms with Gasteiger partial charge in [-0.2, -0.15) is 4.31 Å². The SMILES string of the molecule is Cc1ncc(S(=O)(=O)N(C)C2CCNCC2)s1.Cl. The Labute approximate surface area is 118 Å². The van der Waals surface area contributed by atoms with Crippen molar-refractivity contribution in [2.24, 2.45) is 0 Å². The number of hydrogen-bond donors (Lipinski definition) is 1. The van der Waals surface area contributed by atoms with Crippen molar-refractivity contribution in [1.29, 1.82) is 0 Å². The molecule has 0 bridgehead atoms. The summed E-state index contributed by atoms with van der Waals surface area (Å²) in [4.78, 5) is 4.01. The van der Waals surface area contributed by atoms with Crippen molar-refractivity contribution in [2.45, 2.75) is 30.0 Å². The minimum absolute atomic E-state index is 0. The second kappa shape index (κ2) is 6.29. The molecule has 0 atom stereocenters. The van der Waals surface area contributed by atoms with Crippen molar-refractivity contribution in [3.8, 4) is 0 Å². The molecule has 5 nitrogen and oxygen atoms in total. The first-order chi connectivity index (χ1) is 8.01. The lowest BCUT2D eigenvalue weighted by Gasteiger charge is -2.30. The first-order valence-electron chi connectivity index (χ1n) is 5.63. The van der Waals surface area contributed by atoms with Gasteiger partial charge in [-0.25, -0.2) is 13.4 Å². The molecule has 1 aromatic heterocycles. The summed E-state index contributed by atoms with van der Waals surface area (Å²) in [6.07, 6.45) is 3.19. The molecule has 1 aliphatic rings. The topological polar surface area (TPSA) is 62.3 Å². The van der Waals surface area contributed by atoms with Crippen molar-refractivity contribution in [1.82, 2.24) is 14.6 Å². The van der Waals surface area contributed by atoms with Crippen molar-refractivity contribution in [2.75, 3.05) is 20.1 Å². The number of nitrogens with zero attached hydrogens (tertiary/aromatic N) is 2. The minimum atomic E-state index is -3.36. The smallest absolute Gasteiger partial charge is 0.254 e. The van der Waals surface area contributed by atoms with Crippen LogP contribution in [0.2, 0.25) is 0 Å². The van der Waals surface area contributed by atoms with Gasteiger partial charge in [0.2, 0.25) is 0 Å². The molecule has 0 radical (unpaired) electrons. The lowest BCUT2D eigenvalue weighted by molar-refractivity contribution is 0.297. The van der Waals surface area contributed by atoms with E-state index in [1.165, 1.54) is 21.8 Å². The molecule has 8 heteroatoms. The van der Waals surface area contributed by atoms with E-state index in [4.69, 9.17) is 0 Å². The number of hydrogen-bond acceptors (Lipinski definition) is 5. The Hall–Kier alpha value is -0.210. The fourth-order valence-corrected chi connectivity index (χ4v) is 4.68. The van der Waals surface area contributed by atoms with Crippen LogP contribution in [0.3, 0.4) is 0 Å². The number of aryl methyl sites for hydroxylation is 1. The summed E-state index contributed by atoms with van der Waals surface area (Å²) in [5, 5.41) is 4.01. The molecule has 1 aliphatic heterocycles. The fraction of sp³-hybridized carbons (Fsp3) is 0.700. The van der Waals surface area contributed by atoms with Gasteiger partial charge in [-0.1, -0.05) is 0 Å². The fourth-order valence-electron chi connectivity index (χ4n) is 1.97. The number of rotatable bonds is 3. The normalized spacial score (nSPS) is 17.7. The second-order valence-corrected chi connectivity index (χ2v) is 7.66. The third-order valence-corrected chi connectivity index (χ3v) is 6.32. The van der Waals surface area contributed by atoms with Gasteiger partial charge in [0.15, 0.2) is 4.21 Å².